The second-order valence-corrected chi connectivity index (χ2v) is 4.72. The van der Waals surface area contributed by atoms with Gasteiger partial charge in [-0.15, -0.1) is 0 Å². The third-order valence-corrected chi connectivity index (χ3v) is 2.68. The minimum absolute atomic E-state index is 0.703. The molecule has 0 spiro atoms. The number of hydrogen-bond donors (Lipinski definition) is 1. The Bertz CT molecular complexity index is 121. The van der Waals surface area contributed by atoms with Crippen molar-refractivity contribution in [3.63, 3.8) is 0 Å². The van der Waals surface area contributed by atoms with Crippen LogP contribution in [0.4, 0.5) is 0 Å². The fourth-order valence-electron chi connectivity index (χ4n) is 1.69. The normalized spacial score (nSPS) is 13.9. The molecular formula is C12H28N2. The van der Waals surface area contributed by atoms with E-state index in [1.54, 1.807) is 0 Å². The summed E-state index contributed by atoms with van der Waals surface area (Å²) in [5, 5.41) is 3.62. The predicted molar refractivity (Wildman–Crippen MR) is 64.7 cm³/mol. The van der Waals surface area contributed by atoms with Gasteiger partial charge in [0.25, 0.3) is 0 Å². The van der Waals surface area contributed by atoms with Crippen molar-refractivity contribution in [3.05, 3.63) is 0 Å². The molecule has 0 aliphatic carbocycles. The van der Waals surface area contributed by atoms with Gasteiger partial charge in [-0.05, 0) is 52.4 Å². The van der Waals surface area contributed by atoms with E-state index >= 15 is 0 Å². The lowest BCUT2D eigenvalue weighted by molar-refractivity contribution is 0.364. The summed E-state index contributed by atoms with van der Waals surface area (Å²) in [4.78, 5) is 2.25. The van der Waals surface area contributed by atoms with Crippen LogP contribution in [0.25, 0.3) is 0 Å². The summed E-state index contributed by atoms with van der Waals surface area (Å²) in [6.45, 7) is 9.23. The second-order valence-electron chi connectivity index (χ2n) is 4.72. The quantitative estimate of drug-likeness (QED) is 0.605. The van der Waals surface area contributed by atoms with Crippen LogP contribution in [0.2, 0.25) is 0 Å². The number of nitrogens with zero attached hydrogens (tertiary/aromatic N) is 1. The monoisotopic (exact) mass is 200 g/mol. The Labute approximate surface area is 90.1 Å². The Morgan fingerprint density at radius 3 is 2.21 bits per heavy atom. The van der Waals surface area contributed by atoms with Crippen molar-refractivity contribution in [1.29, 1.82) is 0 Å². The first-order chi connectivity index (χ1) is 6.57. The molecule has 2 heteroatoms. The summed E-state index contributed by atoms with van der Waals surface area (Å²) in [6.07, 6.45) is 3.83. The number of rotatable bonds is 8. The molecule has 0 saturated heterocycles. The summed E-state index contributed by atoms with van der Waals surface area (Å²) in [5.41, 5.74) is 0. The lowest BCUT2D eigenvalue weighted by atomic mass is 10.0. The molecule has 0 bridgehead atoms. The van der Waals surface area contributed by atoms with Crippen LogP contribution >= 0.6 is 0 Å². The first kappa shape index (κ1) is 13.9. The zero-order valence-electron chi connectivity index (χ0n) is 10.6. The van der Waals surface area contributed by atoms with Crippen molar-refractivity contribution in [2.45, 2.75) is 46.1 Å². The molecule has 0 aliphatic rings. The summed E-state index contributed by atoms with van der Waals surface area (Å²) in [6, 6.07) is 0.703. The standard InChI is InChI=1S/C12H28N2/c1-6-12(11(2)3)13-9-7-8-10-14(4)5/h11-13H,6-10H2,1-5H3. The van der Waals surface area contributed by atoms with Gasteiger partial charge < -0.3 is 10.2 Å². The molecule has 86 valence electrons. The Hall–Kier alpha value is -0.0800. The van der Waals surface area contributed by atoms with Crippen LogP contribution in [0.3, 0.4) is 0 Å². The van der Waals surface area contributed by atoms with E-state index in [2.05, 4.69) is 45.1 Å². The largest absolute Gasteiger partial charge is 0.314 e. The third-order valence-electron chi connectivity index (χ3n) is 2.68. The fourth-order valence-corrected chi connectivity index (χ4v) is 1.69. The van der Waals surface area contributed by atoms with E-state index in [4.69, 9.17) is 0 Å². The van der Waals surface area contributed by atoms with E-state index in [9.17, 15) is 0 Å². The second kappa shape index (κ2) is 8.25. The van der Waals surface area contributed by atoms with Gasteiger partial charge in [-0.2, -0.15) is 0 Å². The maximum absolute atomic E-state index is 3.62. The predicted octanol–water partition coefficient (Wildman–Crippen LogP) is 2.35. The average molecular weight is 200 g/mol. The van der Waals surface area contributed by atoms with Crippen LogP contribution in [0.15, 0.2) is 0 Å². The summed E-state index contributed by atoms with van der Waals surface area (Å²) in [5.74, 6) is 0.758. The average Bonchev–Trinajstić information content (AvgIpc) is 2.10. The molecule has 1 atom stereocenters. The van der Waals surface area contributed by atoms with Crippen molar-refractivity contribution in [2.24, 2.45) is 5.92 Å². The van der Waals surface area contributed by atoms with Crippen LogP contribution in [0.5, 0.6) is 0 Å². The Morgan fingerprint density at radius 1 is 1.14 bits per heavy atom. The van der Waals surface area contributed by atoms with Crippen LogP contribution in [-0.4, -0.2) is 38.1 Å². The van der Waals surface area contributed by atoms with E-state index in [1.165, 1.54) is 32.4 Å². The highest BCUT2D eigenvalue weighted by Crippen LogP contribution is 2.05. The SMILES string of the molecule is CCC(NCCCCN(C)C)C(C)C. The van der Waals surface area contributed by atoms with Crippen molar-refractivity contribution >= 4 is 0 Å². The number of hydrogen-bond acceptors (Lipinski definition) is 2. The highest BCUT2D eigenvalue weighted by Gasteiger charge is 2.08. The maximum atomic E-state index is 3.62. The minimum Gasteiger partial charge on any atom is -0.314 e. The van der Waals surface area contributed by atoms with Crippen LogP contribution in [0, 0.1) is 5.92 Å². The van der Waals surface area contributed by atoms with Gasteiger partial charge in [0.1, 0.15) is 0 Å². The zero-order valence-corrected chi connectivity index (χ0v) is 10.6. The molecule has 0 radical (unpaired) electrons. The number of nitrogens with one attached hydrogen (secondary N) is 1. The first-order valence-corrected chi connectivity index (χ1v) is 5.96. The fraction of sp³-hybridized carbons (Fsp3) is 1.00. The molecular weight excluding hydrogens is 172 g/mol. The molecule has 0 amide bonds. The lowest BCUT2D eigenvalue weighted by Gasteiger charge is -2.20. The molecule has 0 aliphatic heterocycles. The van der Waals surface area contributed by atoms with E-state index in [0.29, 0.717) is 6.04 Å². The van der Waals surface area contributed by atoms with Gasteiger partial charge in [-0.1, -0.05) is 20.8 Å². The molecule has 0 saturated carbocycles. The molecule has 0 fully saturated rings. The van der Waals surface area contributed by atoms with Gasteiger partial charge >= 0.3 is 0 Å². The van der Waals surface area contributed by atoms with E-state index < -0.39 is 0 Å². The minimum atomic E-state index is 0.703. The lowest BCUT2D eigenvalue weighted by Crippen LogP contribution is -2.34. The molecule has 2 nitrogen and oxygen atoms in total. The molecule has 1 unspecified atom stereocenters. The van der Waals surface area contributed by atoms with Crippen LogP contribution < -0.4 is 5.32 Å². The molecule has 0 heterocycles. The van der Waals surface area contributed by atoms with Crippen LogP contribution in [-0.2, 0) is 0 Å². The van der Waals surface area contributed by atoms with E-state index in [0.717, 1.165) is 5.92 Å². The summed E-state index contributed by atoms with van der Waals surface area (Å²) < 4.78 is 0. The van der Waals surface area contributed by atoms with E-state index in [1.807, 2.05) is 0 Å². The zero-order chi connectivity index (χ0) is 11.0. The van der Waals surface area contributed by atoms with Gasteiger partial charge in [0.05, 0.1) is 0 Å². The van der Waals surface area contributed by atoms with Gasteiger partial charge in [0.2, 0.25) is 0 Å². The van der Waals surface area contributed by atoms with Gasteiger partial charge in [0, 0.05) is 6.04 Å². The molecule has 0 rings (SSSR count). The molecule has 1 N–H and O–H groups in total. The van der Waals surface area contributed by atoms with Crippen LogP contribution in [0.1, 0.15) is 40.0 Å². The molecule has 0 aromatic heterocycles. The highest BCUT2D eigenvalue weighted by atomic mass is 15.0. The van der Waals surface area contributed by atoms with Gasteiger partial charge in [-0.3, -0.25) is 0 Å². The summed E-state index contributed by atoms with van der Waals surface area (Å²) >= 11 is 0. The first-order valence-electron chi connectivity index (χ1n) is 5.96. The smallest absolute Gasteiger partial charge is 0.00874 e. The molecule has 0 aromatic carbocycles. The molecule has 0 aromatic rings. The van der Waals surface area contributed by atoms with Gasteiger partial charge in [-0.25, -0.2) is 0 Å². The number of unbranched alkanes of at least 4 members (excludes halogenated alkanes) is 1. The third kappa shape index (κ3) is 7.34. The molecule has 14 heavy (non-hydrogen) atoms. The topological polar surface area (TPSA) is 15.3 Å². The van der Waals surface area contributed by atoms with Gasteiger partial charge in [0.15, 0.2) is 0 Å². The van der Waals surface area contributed by atoms with Crippen molar-refractivity contribution in [1.82, 2.24) is 10.2 Å². The Balaban J connectivity index is 3.33. The summed E-state index contributed by atoms with van der Waals surface area (Å²) in [7, 11) is 4.27. The Kier molecular flexibility index (Phi) is 8.20. The van der Waals surface area contributed by atoms with E-state index in [-0.39, 0.29) is 0 Å². The highest BCUT2D eigenvalue weighted by molar-refractivity contribution is 4.68. The Morgan fingerprint density at radius 2 is 1.79 bits per heavy atom. The maximum Gasteiger partial charge on any atom is 0.00874 e. The van der Waals surface area contributed by atoms with Crippen molar-refractivity contribution < 1.29 is 0 Å². The van der Waals surface area contributed by atoms with Crippen molar-refractivity contribution in [2.75, 3.05) is 27.2 Å². The van der Waals surface area contributed by atoms with Crippen molar-refractivity contribution in [3.8, 4) is 0 Å².